The van der Waals surface area contributed by atoms with Gasteiger partial charge >= 0.3 is 0 Å². The topological polar surface area (TPSA) is 32.3 Å². The van der Waals surface area contributed by atoms with Crippen LogP contribution >= 0.6 is 23.2 Å². The standard InChI is InChI=1S/C14H19Cl2NO/c1-14(5-2-6-14)9-17-8-13(18)11-7-10(15)3-4-12(11)16/h3-4,7,13,17-18H,2,5-6,8-9H2,1H3. The quantitative estimate of drug-likeness (QED) is 0.863. The molecule has 18 heavy (non-hydrogen) atoms. The lowest BCUT2D eigenvalue weighted by atomic mass is 9.70. The van der Waals surface area contributed by atoms with Gasteiger partial charge in [0.2, 0.25) is 0 Å². The Kier molecular flexibility index (Phi) is 4.54. The van der Waals surface area contributed by atoms with E-state index in [-0.39, 0.29) is 0 Å². The first kappa shape index (κ1) is 14.1. The van der Waals surface area contributed by atoms with Gasteiger partial charge < -0.3 is 10.4 Å². The van der Waals surface area contributed by atoms with E-state index in [4.69, 9.17) is 23.2 Å². The smallest absolute Gasteiger partial charge is 0.0929 e. The molecular formula is C14H19Cl2NO. The molecule has 0 amide bonds. The molecule has 1 fully saturated rings. The Hall–Kier alpha value is -0.280. The Morgan fingerprint density at radius 3 is 2.72 bits per heavy atom. The lowest BCUT2D eigenvalue weighted by Crippen LogP contribution is -2.38. The van der Waals surface area contributed by atoms with Crippen LogP contribution in [0, 0.1) is 5.41 Å². The van der Waals surface area contributed by atoms with Crippen LogP contribution in [0.15, 0.2) is 18.2 Å². The zero-order chi connectivity index (χ0) is 13.2. The van der Waals surface area contributed by atoms with Gasteiger partial charge in [-0.05, 0) is 36.5 Å². The van der Waals surface area contributed by atoms with Gasteiger partial charge in [-0.3, -0.25) is 0 Å². The summed E-state index contributed by atoms with van der Waals surface area (Å²) in [6.07, 6.45) is 3.25. The van der Waals surface area contributed by atoms with Gasteiger partial charge in [-0.2, -0.15) is 0 Å². The third-order valence-corrected chi connectivity index (χ3v) is 4.35. The second kappa shape index (κ2) is 5.79. The summed E-state index contributed by atoms with van der Waals surface area (Å²) in [6.45, 7) is 3.74. The van der Waals surface area contributed by atoms with Crippen LogP contribution in [0.25, 0.3) is 0 Å². The molecule has 1 aromatic carbocycles. The molecule has 2 N–H and O–H groups in total. The average Bonchev–Trinajstić information content (AvgIpc) is 2.30. The Morgan fingerprint density at radius 1 is 1.39 bits per heavy atom. The van der Waals surface area contributed by atoms with E-state index in [0.29, 0.717) is 27.6 Å². The molecule has 0 bridgehead atoms. The van der Waals surface area contributed by atoms with Crippen LogP contribution in [0.4, 0.5) is 0 Å². The lowest BCUT2D eigenvalue weighted by molar-refractivity contribution is 0.133. The van der Waals surface area contributed by atoms with Crippen LogP contribution in [0.5, 0.6) is 0 Å². The van der Waals surface area contributed by atoms with Crippen molar-refractivity contribution in [1.82, 2.24) is 5.32 Å². The first-order valence-corrected chi connectivity index (χ1v) is 7.09. The first-order valence-electron chi connectivity index (χ1n) is 6.34. The van der Waals surface area contributed by atoms with Crippen LogP contribution < -0.4 is 5.32 Å². The normalized spacial score (nSPS) is 19.3. The summed E-state index contributed by atoms with van der Waals surface area (Å²) >= 11 is 12.0. The van der Waals surface area contributed by atoms with Crippen molar-refractivity contribution in [3.8, 4) is 0 Å². The average molecular weight is 288 g/mol. The van der Waals surface area contributed by atoms with E-state index in [1.54, 1.807) is 18.2 Å². The van der Waals surface area contributed by atoms with Crippen LogP contribution in [-0.4, -0.2) is 18.2 Å². The molecule has 0 spiro atoms. The van der Waals surface area contributed by atoms with Crippen molar-refractivity contribution in [2.75, 3.05) is 13.1 Å². The Balaban J connectivity index is 1.87. The van der Waals surface area contributed by atoms with E-state index in [9.17, 15) is 5.11 Å². The summed E-state index contributed by atoms with van der Waals surface area (Å²) in [4.78, 5) is 0. The fraction of sp³-hybridized carbons (Fsp3) is 0.571. The van der Waals surface area contributed by atoms with E-state index in [0.717, 1.165) is 6.54 Å². The third kappa shape index (κ3) is 3.39. The number of hydrogen-bond donors (Lipinski definition) is 2. The van der Waals surface area contributed by atoms with E-state index in [1.165, 1.54) is 19.3 Å². The lowest BCUT2D eigenvalue weighted by Gasteiger charge is -2.38. The van der Waals surface area contributed by atoms with Gasteiger partial charge in [-0.15, -0.1) is 0 Å². The van der Waals surface area contributed by atoms with Gasteiger partial charge in [0.15, 0.2) is 0 Å². The van der Waals surface area contributed by atoms with Crippen LogP contribution in [0.1, 0.15) is 37.9 Å². The van der Waals surface area contributed by atoms with Gasteiger partial charge in [-0.1, -0.05) is 36.5 Å². The van der Waals surface area contributed by atoms with Gasteiger partial charge in [-0.25, -0.2) is 0 Å². The van der Waals surface area contributed by atoms with Gasteiger partial charge in [0.05, 0.1) is 6.10 Å². The van der Waals surface area contributed by atoms with Crippen LogP contribution in [-0.2, 0) is 0 Å². The molecular weight excluding hydrogens is 269 g/mol. The van der Waals surface area contributed by atoms with Gasteiger partial charge in [0.25, 0.3) is 0 Å². The highest BCUT2D eigenvalue weighted by molar-refractivity contribution is 6.33. The largest absolute Gasteiger partial charge is 0.387 e. The van der Waals surface area contributed by atoms with Gasteiger partial charge in [0, 0.05) is 28.7 Å². The van der Waals surface area contributed by atoms with Crippen molar-refractivity contribution in [3.05, 3.63) is 33.8 Å². The van der Waals surface area contributed by atoms with Crippen LogP contribution in [0.2, 0.25) is 10.0 Å². The summed E-state index contributed by atoms with van der Waals surface area (Å²) in [5.41, 5.74) is 1.10. The monoisotopic (exact) mass is 287 g/mol. The summed E-state index contributed by atoms with van der Waals surface area (Å²) in [7, 11) is 0. The van der Waals surface area contributed by atoms with E-state index >= 15 is 0 Å². The van der Waals surface area contributed by atoms with Crippen molar-refractivity contribution >= 4 is 23.2 Å². The number of rotatable bonds is 5. The molecule has 0 aliphatic heterocycles. The predicted molar refractivity (Wildman–Crippen MR) is 76.2 cm³/mol. The minimum Gasteiger partial charge on any atom is -0.387 e. The Morgan fingerprint density at radius 2 is 2.11 bits per heavy atom. The number of hydrogen-bond acceptors (Lipinski definition) is 2. The third-order valence-electron chi connectivity index (χ3n) is 3.77. The van der Waals surface area contributed by atoms with E-state index in [1.807, 2.05) is 0 Å². The molecule has 1 saturated carbocycles. The molecule has 4 heteroatoms. The maximum Gasteiger partial charge on any atom is 0.0929 e. The first-order chi connectivity index (χ1) is 8.50. The maximum atomic E-state index is 10.1. The number of nitrogens with one attached hydrogen (secondary N) is 1. The highest BCUT2D eigenvalue weighted by atomic mass is 35.5. The molecule has 1 atom stereocenters. The number of benzene rings is 1. The van der Waals surface area contributed by atoms with E-state index in [2.05, 4.69) is 12.2 Å². The molecule has 1 unspecified atom stereocenters. The molecule has 100 valence electrons. The molecule has 1 aliphatic carbocycles. The van der Waals surface area contributed by atoms with Crippen molar-refractivity contribution in [2.45, 2.75) is 32.3 Å². The number of aliphatic hydroxyl groups excluding tert-OH is 1. The van der Waals surface area contributed by atoms with Gasteiger partial charge in [0.1, 0.15) is 0 Å². The highest BCUT2D eigenvalue weighted by Gasteiger charge is 2.31. The van der Waals surface area contributed by atoms with Crippen LogP contribution in [0.3, 0.4) is 0 Å². The molecule has 1 aromatic rings. The zero-order valence-electron chi connectivity index (χ0n) is 10.5. The van der Waals surface area contributed by atoms with Crippen molar-refractivity contribution < 1.29 is 5.11 Å². The molecule has 0 radical (unpaired) electrons. The Labute approximate surface area is 118 Å². The minimum absolute atomic E-state index is 0.415. The van der Waals surface area contributed by atoms with E-state index < -0.39 is 6.10 Å². The second-order valence-electron chi connectivity index (χ2n) is 5.48. The zero-order valence-corrected chi connectivity index (χ0v) is 12.1. The molecule has 0 saturated heterocycles. The van der Waals surface area contributed by atoms with Crippen molar-refractivity contribution in [1.29, 1.82) is 0 Å². The molecule has 1 aliphatic rings. The molecule has 0 aromatic heterocycles. The highest BCUT2D eigenvalue weighted by Crippen LogP contribution is 2.39. The summed E-state index contributed by atoms with van der Waals surface area (Å²) in [6, 6.07) is 5.17. The molecule has 0 heterocycles. The van der Waals surface area contributed by atoms with Crippen molar-refractivity contribution in [3.63, 3.8) is 0 Å². The predicted octanol–water partition coefficient (Wildman–Crippen LogP) is 3.81. The number of aliphatic hydroxyl groups is 1. The fourth-order valence-electron chi connectivity index (χ4n) is 2.35. The summed E-state index contributed by atoms with van der Waals surface area (Å²) < 4.78 is 0. The van der Waals surface area contributed by atoms with Crippen molar-refractivity contribution in [2.24, 2.45) is 5.41 Å². The minimum atomic E-state index is -0.611. The SMILES string of the molecule is CC1(CNCC(O)c2cc(Cl)ccc2Cl)CCC1. The fourth-order valence-corrected chi connectivity index (χ4v) is 2.77. The second-order valence-corrected chi connectivity index (χ2v) is 6.32. The summed E-state index contributed by atoms with van der Waals surface area (Å²) in [5.74, 6) is 0. The maximum absolute atomic E-state index is 10.1. The number of halogens is 2. The summed E-state index contributed by atoms with van der Waals surface area (Å²) in [5, 5.41) is 14.6. The Bertz CT molecular complexity index is 418. The molecule has 2 nitrogen and oxygen atoms in total. The molecule has 2 rings (SSSR count).